The molecule has 2 N–H and O–H groups in total. The van der Waals surface area contributed by atoms with Gasteiger partial charge in [-0.15, -0.1) is 12.4 Å². The van der Waals surface area contributed by atoms with Crippen molar-refractivity contribution in [3.63, 3.8) is 0 Å². The van der Waals surface area contributed by atoms with Gasteiger partial charge in [-0.1, -0.05) is 30.7 Å². The minimum atomic E-state index is 0. The first-order valence-corrected chi connectivity index (χ1v) is 8.58. The molecule has 6 heteroatoms. The maximum Gasteiger partial charge on any atom is 0.222 e. The van der Waals surface area contributed by atoms with E-state index < -0.39 is 0 Å². The lowest BCUT2D eigenvalue weighted by Crippen LogP contribution is -2.41. The van der Waals surface area contributed by atoms with Crippen molar-refractivity contribution in [3.8, 4) is 0 Å². The van der Waals surface area contributed by atoms with Gasteiger partial charge in [-0.05, 0) is 24.1 Å². The van der Waals surface area contributed by atoms with Crippen LogP contribution in [0.15, 0.2) is 24.3 Å². The molecular weight excluding hydrogens is 327 g/mol. The number of rotatable bonds is 5. The topological polar surface area (TPSA) is 41.1 Å². The SMILES string of the molecule is CCC(NC(=O)CC1CSCCN1)c1ccc(Cl)cc1.Cl. The van der Waals surface area contributed by atoms with Gasteiger partial charge in [-0.2, -0.15) is 11.8 Å². The molecule has 1 aromatic rings. The fraction of sp³-hybridized carbons (Fsp3) is 0.533. The Kier molecular flexibility index (Phi) is 8.49. The van der Waals surface area contributed by atoms with Crippen molar-refractivity contribution in [2.24, 2.45) is 0 Å². The molecule has 1 aromatic carbocycles. The van der Waals surface area contributed by atoms with Crippen LogP contribution in [0.1, 0.15) is 31.4 Å². The summed E-state index contributed by atoms with van der Waals surface area (Å²) in [7, 11) is 0. The van der Waals surface area contributed by atoms with E-state index >= 15 is 0 Å². The normalized spacial score (nSPS) is 19.4. The molecule has 0 aliphatic carbocycles. The Balaban J connectivity index is 0.00000220. The lowest BCUT2D eigenvalue weighted by Gasteiger charge is -2.24. The van der Waals surface area contributed by atoms with E-state index in [9.17, 15) is 4.79 Å². The molecule has 2 atom stereocenters. The summed E-state index contributed by atoms with van der Waals surface area (Å²) >= 11 is 7.81. The number of amides is 1. The van der Waals surface area contributed by atoms with E-state index in [0.717, 1.165) is 35.1 Å². The molecule has 1 aliphatic heterocycles. The van der Waals surface area contributed by atoms with Crippen LogP contribution in [-0.4, -0.2) is 30.0 Å². The number of hydrogen-bond donors (Lipinski definition) is 2. The molecule has 0 spiro atoms. The average molecular weight is 349 g/mol. The molecule has 2 unspecified atom stereocenters. The number of carbonyl (C=O) groups excluding carboxylic acids is 1. The number of nitrogens with one attached hydrogen (secondary N) is 2. The maximum absolute atomic E-state index is 12.1. The van der Waals surface area contributed by atoms with Crippen LogP contribution in [-0.2, 0) is 4.79 Å². The number of halogens is 2. The molecule has 118 valence electrons. The third-order valence-electron chi connectivity index (χ3n) is 3.45. The van der Waals surface area contributed by atoms with Gasteiger partial charge in [-0.25, -0.2) is 0 Å². The van der Waals surface area contributed by atoms with Gasteiger partial charge in [0.05, 0.1) is 6.04 Å². The summed E-state index contributed by atoms with van der Waals surface area (Å²) in [4.78, 5) is 12.1. The van der Waals surface area contributed by atoms with Crippen LogP contribution < -0.4 is 10.6 Å². The van der Waals surface area contributed by atoms with Gasteiger partial charge in [0.2, 0.25) is 5.91 Å². The van der Waals surface area contributed by atoms with Crippen molar-refractivity contribution in [2.75, 3.05) is 18.1 Å². The fourth-order valence-electron chi connectivity index (χ4n) is 2.34. The lowest BCUT2D eigenvalue weighted by atomic mass is 10.0. The molecule has 1 saturated heterocycles. The second-order valence-electron chi connectivity index (χ2n) is 5.01. The van der Waals surface area contributed by atoms with E-state index in [0.29, 0.717) is 12.5 Å². The molecule has 2 rings (SSSR count). The van der Waals surface area contributed by atoms with Crippen LogP contribution in [0, 0.1) is 0 Å². The van der Waals surface area contributed by atoms with Crippen molar-refractivity contribution < 1.29 is 4.79 Å². The quantitative estimate of drug-likeness (QED) is 0.856. The van der Waals surface area contributed by atoms with Gasteiger partial charge in [-0.3, -0.25) is 4.79 Å². The Hall–Kier alpha value is -0.420. The predicted octanol–water partition coefficient (Wildman–Crippen LogP) is 3.42. The van der Waals surface area contributed by atoms with E-state index in [1.165, 1.54) is 0 Å². The van der Waals surface area contributed by atoms with Crippen LogP contribution in [0.3, 0.4) is 0 Å². The first kappa shape index (κ1) is 18.6. The molecular formula is C15H22Cl2N2OS. The molecule has 1 fully saturated rings. The van der Waals surface area contributed by atoms with Crippen LogP contribution >= 0.6 is 35.8 Å². The number of thioether (sulfide) groups is 1. The molecule has 1 amide bonds. The summed E-state index contributed by atoms with van der Waals surface area (Å²) in [6.07, 6.45) is 1.43. The average Bonchev–Trinajstić information content (AvgIpc) is 2.47. The van der Waals surface area contributed by atoms with Crippen LogP contribution in [0.2, 0.25) is 5.02 Å². The first-order valence-electron chi connectivity index (χ1n) is 7.05. The maximum atomic E-state index is 12.1. The number of hydrogen-bond acceptors (Lipinski definition) is 3. The molecule has 21 heavy (non-hydrogen) atoms. The van der Waals surface area contributed by atoms with E-state index in [-0.39, 0.29) is 24.4 Å². The molecule has 0 bridgehead atoms. The number of benzene rings is 1. The van der Waals surface area contributed by atoms with Crippen LogP contribution in [0.5, 0.6) is 0 Å². The zero-order chi connectivity index (χ0) is 14.4. The van der Waals surface area contributed by atoms with Gasteiger partial charge in [0, 0.05) is 35.5 Å². The predicted molar refractivity (Wildman–Crippen MR) is 93.6 cm³/mol. The Morgan fingerprint density at radius 3 is 2.76 bits per heavy atom. The second-order valence-corrected chi connectivity index (χ2v) is 6.60. The highest BCUT2D eigenvalue weighted by atomic mass is 35.5. The van der Waals surface area contributed by atoms with Crippen molar-refractivity contribution in [1.82, 2.24) is 10.6 Å². The molecule has 0 radical (unpaired) electrons. The van der Waals surface area contributed by atoms with Crippen molar-refractivity contribution >= 4 is 41.7 Å². The number of carbonyl (C=O) groups is 1. The van der Waals surface area contributed by atoms with E-state index in [4.69, 9.17) is 11.6 Å². The summed E-state index contributed by atoms with van der Waals surface area (Å²) in [5.41, 5.74) is 1.11. The minimum Gasteiger partial charge on any atom is -0.349 e. The molecule has 1 heterocycles. The Labute approximate surface area is 142 Å². The van der Waals surface area contributed by atoms with Crippen LogP contribution in [0.25, 0.3) is 0 Å². The molecule has 1 aliphatic rings. The largest absolute Gasteiger partial charge is 0.349 e. The summed E-state index contributed by atoms with van der Waals surface area (Å²) < 4.78 is 0. The lowest BCUT2D eigenvalue weighted by molar-refractivity contribution is -0.122. The molecule has 0 aromatic heterocycles. The first-order chi connectivity index (χ1) is 9.69. The second kappa shape index (κ2) is 9.57. The van der Waals surface area contributed by atoms with E-state index in [2.05, 4.69) is 17.6 Å². The summed E-state index contributed by atoms with van der Waals surface area (Å²) in [5, 5.41) is 7.23. The molecule has 0 saturated carbocycles. The van der Waals surface area contributed by atoms with Gasteiger partial charge in [0.15, 0.2) is 0 Å². The Bertz CT molecular complexity index is 436. The van der Waals surface area contributed by atoms with Crippen molar-refractivity contribution in [3.05, 3.63) is 34.9 Å². The highest BCUT2D eigenvalue weighted by Gasteiger charge is 2.19. The fourth-order valence-corrected chi connectivity index (χ4v) is 3.42. The van der Waals surface area contributed by atoms with Crippen LogP contribution in [0.4, 0.5) is 0 Å². The Morgan fingerprint density at radius 2 is 2.19 bits per heavy atom. The molecule has 3 nitrogen and oxygen atoms in total. The van der Waals surface area contributed by atoms with E-state index in [1.54, 1.807) is 0 Å². The van der Waals surface area contributed by atoms with Gasteiger partial charge in [0.25, 0.3) is 0 Å². The van der Waals surface area contributed by atoms with Gasteiger partial charge >= 0.3 is 0 Å². The van der Waals surface area contributed by atoms with E-state index in [1.807, 2.05) is 36.0 Å². The summed E-state index contributed by atoms with van der Waals surface area (Å²) in [5.74, 6) is 2.28. The van der Waals surface area contributed by atoms with Gasteiger partial charge in [0.1, 0.15) is 0 Å². The zero-order valence-electron chi connectivity index (χ0n) is 12.1. The summed E-state index contributed by atoms with van der Waals surface area (Å²) in [6.45, 7) is 3.07. The zero-order valence-corrected chi connectivity index (χ0v) is 14.5. The monoisotopic (exact) mass is 348 g/mol. The third-order valence-corrected chi connectivity index (χ3v) is 4.83. The summed E-state index contributed by atoms with van der Waals surface area (Å²) in [6, 6.07) is 8.06. The highest BCUT2D eigenvalue weighted by molar-refractivity contribution is 7.99. The standard InChI is InChI=1S/C15H21ClN2OS.ClH/c1-2-14(11-3-5-12(16)6-4-11)18-15(19)9-13-10-20-8-7-17-13;/h3-6,13-14,17H,2,7-10H2,1H3,(H,18,19);1H. The third kappa shape index (κ3) is 6.07. The van der Waals surface area contributed by atoms with Crippen molar-refractivity contribution in [1.29, 1.82) is 0 Å². The van der Waals surface area contributed by atoms with Crippen molar-refractivity contribution in [2.45, 2.75) is 31.8 Å². The Morgan fingerprint density at radius 1 is 1.48 bits per heavy atom. The smallest absolute Gasteiger partial charge is 0.222 e. The van der Waals surface area contributed by atoms with Gasteiger partial charge < -0.3 is 10.6 Å². The minimum absolute atomic E-state index is 0. The highest BCUT2D eigenvalue weighted by Crippen LogP contribution is 2.19.